The number of hydrogen-bond acceptors (Lipinski definition) is 4. The molecule has 80 valence electrons. The average Bonchev–Trinajstić information content (AvgIpc) is 2.71. The molecule has 0 aromatic rings. The predicted molar refractivity (Wildman–Crippen MR) is 57.3 cm³/mol. The van der Waals surface area contributed by atoms with Crippen LogP contribution >= 0.6 is 12.2 Å². The maximum absolute atomic E-state index is 5.58. The van der Waals surface area contributed by atoms with Crippen molar-refractivity contribution in [1.82, 2.24) is 4.90 Å². The van der Waals surface area contributed by atoms with Crippen molar-refractivity contribution in [3.63, 3.8) is 0 Å². The van der Waals surface area contributed by atoms with E-state index in [-0.39, 0.29) is 6.10 Å². The minimum absolute atomic E-state index is 0.0700. The smallest absolute Gasteiger partial charge is 0.120 e. The lowest BCUT2D eigenvalue weighted by atomic mass is 10.2. The van der Waals surface area contributed by atoms with Crippen LogP contribution in [0.2, 0.25) is 0 Å². The summed E-state index contributed by atoms with van der Waals surface area (Å²) < 4.78 is 10.8. The number of hydrogen-bond donors (Lipinski definition) is 1. The van der Waals surface area contributed by atoms with E-state index in [0.29, 0.717) is 11.0 Å². The van der Waals surface area contributed by atoms with E-state index in [2.05, 4.69) is 4.90 Å². The topological polar surface area (TPSA) is 47.7 Å². The Labute approximate surface area is 89.3 Å². The molecule has 5 heteroatoms. The normalized spacial score (nSPS) is 34.6. The van der Waals surface area contributed by atoms with Crippen molar-refractivity contribution < 1.29 is 9.47 Å². The molecule has 2 atom stereocenters. The molecule has 0 spiro atoms. The molecular weight excluding hydrogens is 200 g/mol. The monoisotopic (exact) mass is 216 g/mol. The molecule has 0 aromatic carbocycles. The molecule has 2 aliphatic heterocycles. The highest BCUT2D eigenvalue weighted by atomic mass is 32.1. The Morgan fingerprint density at radius 1 is 1.43 bits per heavy atom. The van der Waals surface area contributed by atoms with Gasteiger partial charge in [-0.1, -0.05) is 12.2 Å². The van der Waals surface area contributed by atoms with Gasteiger partial charge in [0.1, 0.15) is 11.1 Å². The summed E-state index contributed by atoms with van der Waals surface area (Å²) in [6, 6.07) is 0.538. The Kier molecular flexibility index (Phi) is 3.33. The highest BCUT2D eigenvalue weighted by molar-refractivity contribution is 7.80. The van der Waals surface area contributed by atoms with Gasteiger partial charge in [-0.15, -0.1) is 0 Å². The Morgan fingerprint density at radius 3 is 2.93 bits per heavy atom. The summed E-state index contributed by atoms with van der Waals surface area (Å²) in [5.41, 5.74) is 5.58. The molecule has 0 aliphatic carbocycles. The molecule has 2 saturated heterocycles. The zero-order valence-electron chi connectivity index (χ0n) is 8.15. The van der Waals surface area contributed by atoms with E-state index < -0.39 is 0 Å². The SMILES string of the molecule is NC(=S)C1CN(C2CCOC2)CCO1. The molecule has 0 saturated carbocycles. The zero-order chi connectivity index (χ0) is 9.97. The van der Waals surface area contributed by atoms with Crippen molar-refractivity contribution in [1.29, 1.82) is 0 Å². The van der Waals surface area contributed by atoms with Crippen LogP contribution in [0.5, 0.6) is 0 Å². The Hall–Kier alpha value is -0.230. The number of ether oxygens (including phenoxy) is 2. The summed E-state index contributed by atoms with van der Waals surface area (Å²) in [6.07, 6.45) is 1.05. The van der Waals surface area contributed by atoms with Gasteiger partial charge in [0.2, 0.25) is 0 Å². The van der Waals surface area contributed by atoms with Crippen molar-refractivity contribution in [2.75, 3.05) is 32.9 Å². The molecule has 14 heavy (non-hydrogen) atoms. The highest BCUT2D eigenvalue weighted by Crippen LogP contribution is 2.16. The van der Waals surface area contributed by atoms with Gasteiger partial charge < -0.3 is 15.2 Å². The largest absolute Gasteiger partial charge is 0.391 e. The van der Waals surface area contributed by atoms with E-state index >= 15 is 0 Å². The van der Waals surface area contributed by atoms with Crippen LogP contribution in [0.1, 0.15) is 6.42 Å². The van der Waals surface area contributed by atoms with Crippen LogP contribution in [0.15, 0.2) is 0 Å². The zero-order valence-corrected chi connectivity index (χ0v) is 8.96. The molecule has 2 aliphatic rings. The van der Waals surface area contributed by atoms with E-state index in [0.717, 1.165) is 39.3 Å². The van der Waals surface area contributed by atoms with Gasteiger partial charge in [-0.05, 0) is 6.42 Å². The minimum atomic E-state index is -0.0700. The summed E-state index contributed by atoms with van der Waals surface area (Å²) in [5.74, 6) is 0. The van der Waals surface area contributed by atoms with Gasteiger partial charge >= 0.3 is 0 Å². The first-order chi connectivity index (χ1) is 6.77. The van der Waals surface area contributed by atoms with Gasteiger partial charge in [0, 0.05) is 25.7 Å². The lowest BCUT2D eigenvalue weighted by molar-refractivity contribution is -0.0123. The van der Waals surface area contributed by atoms with Crippen molar-refractivity contribution in [3.05, 3.63) is 0 Å². The van der Waals surface area contributed by atoms with Crippen molar-refractivity contribution in [2.45, 2.75) is 18.6 Å². The molecular formula is C9H16N2O2S. The van der Waals surface area contributed by atoms with Crippen LogP contribution in [0.25, 0.3) is 0 Å². The van der Waals surface area contributed by atoms with E-state index in [1.807, 2.05) is 0 Å². The third-order valence-electron chi connectivity index (χ3n) is 2.84. The van der Waals surface area contributed by atoms with Crippen LogP contribution in [-0.4, -0.2) is 54.9 Å². The summed E-state index contributed by atoms with van der Waals surface area (Å²) in [7, 11) is 0. The van der Waals surface area contributed by atoms with Crippen molar-refractivity contribution in [3.8, 4) is 0 Å². The third kappa shape index (κ3) is 2.23. The molecule has 0 radical (unpaired) electrons. The van der Waals surface area contributed by atoms with Crippen molar-refractivity contribution in [2.24, 2.45) is 5.73 Å². The molecule has 4 nitrogen and oxygen atoms in total. The first-order valence-electron chi connectivity index (χ1n) is 5.00. The van der Waals surface area contributed by atoms with E-state index in [1.54, 1.807) is 0 Å². The molecule has 0 aromatic heterocycles. The Balaban J connectivity index is 1.89. The molecule has 2 N–H and O–H groups in total. The summed E-state index contributed by atoms with van der Waals surface area (Å²) in [4.78, 5) is 2.84. The molecule has 0 amide bonds. The first-order valence-corrected chi connectivity index (χ1v) is 5.41. The van der Waals surface area contributed by atoms with Gasteiger partial charge in [-0.3, -0.25) is 4.90 Å². The first kappa shape index (κ1) is 10.3. The van der Waals surface area contributed by atoms with Crippen LogP contribution in [0.3, 0.4) is 0 Å². The van der Waals surface area contributed by atoms with Crippen LogP contribution in [-0.2, 0) is 9.47 Å². The quantitative estimate of drug-likeness (QED) is 0.646. The molecule has 0 bridgehead atoms. The maximum Gasteiger partial charge on any atom is 0.120 e. The van der Waals surface area contributed by atoms with Crippen molar-refractivity contribution >= 4 is 17.2 Å². The Bertz CT molecular complexity index is 219. The number of nitrogens with two attached hydrogens (primary N) is 1. The number of rotatable bonds is 2. The number of thiocarbonyl (C=S) groups is 1. The molecule has 2 heterocycles. The molecule has 2 unspecified atom stereocenters. The van der Waals surface area contributed by atoms with Gasteiger partial charge in [0.05, 0.1) is 13.2 Å². The summed E-state index contributed by atoms with van der Waals surface area (Å²) >= 11 is 4.94. The van der Waals surface area contributed by atoms with Crippen LogP contribution < -0.4 is 5.73 Å². The molecule has 2 fully saturated rings. The second kappa shape index (κ2) is 4.53. The second-order valence-corrected chi connectivity index (χ2v) is 4.25. The number of nitrogens with zero attached hydrogens (tertiary/aromatic N) is 1. The second-order valence-electron chi connectivity index (χ2n) is 3.77. The minimum Gasteiger partial charge on any atom is -0.391 e. The van der Waals surface area contributed by atoms with Gasteiger partial charge in [-0.2, -0.15) is 0 Å². The average molecular weight is 216 g/mol. The van der Waals surface area contributed by atoms with Gasteiger partial charge in [-0.25, -0.2) is 0 Å². The maximum atomic E-state index is 5.58. The molecule has 2 rings (SSSR count). The van der Waals surface area contributed by atoms with Gasteiger partial charge in [0.15, 0.2) is 0 Å². The number of morpholine rings is 1. The van der Waals surface area contributed by atoms with E-state index in [4.69, 9.17) is 27.4 Å². The lowest BCUT2D eigenvalue weighted by Crippen LogP contribution is -2.51. The standard InChI is InChI=1S/C9H16N2O2S/c10-9(14)8-5-11(2-4-13-8)7-1-3-12-6-7/h7-8H,1-6H2,(H2,10,14). The van der Waals surface area contributed by atoms with E-state index in [1.165, 1.54) is 0 Å². The van der Waals surface area contributed by atoms with Crippen LogP contribution in [0, 0.1) is 0 Å². The van der Waals surface area contributed by atoms with Crippen LogP contribution in [0.4, 0.5) is 0 Å². The fourth-order valence-corrected chi connectivity index (χ4v) is 2.13. The van der Waals surface area contributed by atoms with E-state index in [9.17, 15) is 0 Å². The summed E-state index contributed by atoms with van der Waals surface area (Å²) in [6.45, 7) is 4.22. The fourth-order valence-electron chi connectivity index (χ4n) is 1.98. The summed E-state index contributed by atoms with van der Waals surface area (Å²) in [5, 5.41) is 0. The van der Waals surface area contributed by atoms with Gasteiger partial charge in [0.25, 0.3) is 0 Å². The lowest BCUT2D eigenvalue weighted by Gasteiger charge is -2.35. The third-order valence-corrected chi connectivity index (χ3v) is 3.10. The Morgan fingerprint density at radius 2 is 2.29 bits per heavy atom. The predicted octanol–water partition coefficient (Wildman–Crippen LogP) is -0.238. The fraction of sp³-hybridized carbons (Fsp3) is 0.889. The highest BCUT2D eigenvalue weighted by Gasteiger charge is 2.29.